The van der Waals surface area contributed by atoms with Gasteiger partial charge in [-0.3, -0.25) is 4.79 Å². The molecule has 1 atom stereocenters. The molecule has 1 fully saturated rings. The first-order valence-electron chi connectivity index (χ1n) is 9.57. The van der Waals surface area contributed by atoms with Gasteiger partial charge in [0.1, 0.15) is 0 Å². The molecule has 5 nitrogen and oxygen atoms in total. The maximum absolute atomic E-state index is 12.5. The van der Waals surface area contributed by atoms with E-state index in [4.69, 9.17) is 0 Å². The van der Waals surface area contributed by atoms with Gasteiger partial charge >= 0.3 is 6.03 Å². The second-order valence-electron chi connectivity index (χ2n) is 7.02. The molecule has 0 spiro atoms. The monoisotopic (exact) mass is 365 g/mol. The summed E-state index contributed by atoms with van der Waals surface area (Å²) < 4.78 is 0. The van der Waals surface area contributed by atoms with Crippen LogP contribution in [0.2, 0.25) is 0 Å². The third kappa shape index (κ3) is 5.33. The van der Waals surface area contributed by atoms with Gasteiger partial charge in [0.25, 0.3) is 5.91 Å². The fourth-order valence-corrected chi connectivity index (χ4v) is 3.28. The zero-order valence-corrected chi connectivity index (χ0v) is 15.8. The van der Waals surface area contributed by atoms with E-state index in [2.05, 4.69) is 17.4 Å². The second-order valence-corrected chi connectivity index (χ2v) is 7.02. The number of hydrogen-bond donors (Lipinski definition) is 1. The van der Waals surface area contributed by atoms with Crippen LogP contribution in [0.5, 0.6) is 0 Å². The van der Waals surface area contributed by atoms with Crippen molar-refractivity contribution in [3.8, 4) is 0 Å². The van der Waals surface area contributed by atoms with Crippen LogP contribution < -0.4 is 5.32 Å². The van der Waals surface area contributed by atoms with Gasteiger partial charge in [-0.15, -0.1) is 0 Å². The predicted molar refractivity (Wildman–Crippen MR) is 107 cm³/mol. The first kappa shape index (κ1) is 19.0. The van der Waals surface area contributed by atoms with Crippen molar-refractivity contribution in [2.45, 2.75) is 25.8 Å². The average Bonchev–Trinajstić information content (AvgIpc) is 2.73. The molecule has 1 saturated heterocycles. The van der Waals surface area contributed by atoms with Crippen molar-refractivity contribution < 1.29 is 9.59 Å². The number of amides is 3. The summed E-state index contributed by atoms with van der Waals surface area (Å²) in [6.45, 7) is 4.31. The van der Waals surface area contributed by atoms with E-state index in [1.165, 1.54) is 5.56 Å². The fourth-order valence-electron chi connectivity index (χ4n) is 3.28. The second kappa shape index (κ2) is 9.21. The van der Waals surface area contributed by atoms with E-state index in [0.717, 1.165) is 12.8 Å². The highest BCUT2D eigenvalue weighted by atomic mass is 16.2. The molecule has 0 unspecified atom stereocenters. The highest BCUT2D eigenvalue weighted by molar-refractivity contribution is 5.94. The maximum Gasteiger partial charge on any atom is 0.317 e. The Morgan fingerprint density at radius 3 is 2.07 bits per heavy atom. The molecule has 0 saturated carbocycles. The van der Waals surface area contributed by atoms with Crippen LogP contribution in [0.4, 0.5) is 4.79 Å². The molecular weight excluding hydrogens is 338 g/mol. The van der Waals surface area contributed by atoms with Crippen LogP contribution in [-0.2, 0) is 6.42 Å². The molecule has 0 aromatic heterocycles. The first-order chi connectivity index (χ1) is 13.1. The van der Waals surface area contributed by atoms with Crippen molar-refractivity contribution in [2.75, 3.05) is 26.2 Å². The lowest BCUT2D eigenvalue weighted by molar-refractivity contribution is 0.0663. The van der Waals surface area contributed by atoms with Crippen molar-refractivity contribution >= 4 is 11.9 Å². The van der Waals surface area contributed by atoms with Crippen LogP contribution in [-0.4, -0.2) is 54.0 Å². The standard InChI is InChI=1S/C22H27N3O2/c1-18(12-13-19-8-4-2-5-9-19)23-22(27)25-16-14-24(15-17-25)21(26)20-10-6-3-7-11-20/h2-11,18H,12-17H2,1H3,(H,23,27)/t18-/m0/s1. The topological polar surface area (TPSA) is 52.7 Å². The molecule has 27 heavy (non-hydrogen) atoms. The number of nitrogens with one attached hydrogen (secondary N) is 1. The van der Waals surface area contributed by atoms with Gasteiger partial charge in [-0.05, 0) is 37.5 Å². The van der Waals surface area contributed by atoms with Crippen molar-refractivity contribution in [1.29, 1.82) is 0 Å². The molecule has 1 aliphatic rings. The minimum atomic E-state index is -0.0395. The lowest BCUT2D eigenvalue weighted by Crippen LogP contribution is -2.54. The molecule has 3 rings (SSSR count). The fraction of sp³-hybridized carbons (Fsp3) is 0.364. The number of nitrogens with zero attached hydrogens (tertiary/aromatic N) is 2. The third-order valence-electron chi connectivity index (χ3n) is 4.95. The van der Waals surface area contributed by atoms with Crippen molar-refractivity contribution in [1.82, 2.24) is 15.1 Å². The Kier molecular flexibility index (Phi) is 6.47. The molecule has 0 aliphatic carbocycles. The molecule has 1 aliphatic heterocycles. The number of urea groups is 1. The van der Waals surface area contributed by atoms with Gasteiger partial charge in [0.15, 0.2) is 0 Å². The molecule has 1 N–H and O–H groups in total. The summed E-state index contributed by atoms with van der Waals surface area (Å²) in [6, 6.07) is 19.7. The van der Waals surface area contributed by atoms with Gasteiger partial charge < -0.3 is 15.1 Å². The zero-order valence-electron chi connectivity index (χ0n) is 15.8. The minimum Gasteiger partial charge on any atom is -0.336 e. The number of carbonyl (C=O) groups is 2. The van der Waals surface area contributed by atoms with E-state index in [1.54, 1.807) is 4.90 Å². The Bertz CT molecular complexity index is 741. The van der Waals surface area contributed by atoms with Crippen LogP contribution in [0.15, 0.2) is 60.7 Å². The Balaban J connectivity index is 1.42. The average molecular weight is 365 g/mol. The summed E-state index contributed by atoms with van der Waals surface area (Å²) >= 11 is 0. The van der Waals surface area contributed by atoms with Crippen LogP contribution in [0.25, 0.3) is 0 Å². The Labute approximate surface area is 161 Å². The van der Waals surface area contributed by atoms with Gasteiger partial charge in [-0.25, -0.2) is 4.79 Å². The minimum absolute atomic E-state index is 0.0342. The smallest absolute Gasteiger partial charge is 0.317 e. The molecule has 2 aromatic rings. The number of aryl methyl sites for hydroxylation is 1. The highest BCUT2D eigenvalue weighted by Gasteiger charge is 2.25. The number of benzene rings is 2. The SMILES string of the molecule is C[C@@H](CCc1ccccc1)NC(=O)N1CCN(C(=O)c2ccccc2)CC1. The van der Waals surface area contributed by atoms with Crippen LogP contribution in [0.3, 0.4) is 0 Å². The Morgan fingerprint density at radius 2 is 1.44 bits per heavy atom. The molecular formula is C22H27N3O2. The normalized spacial score (nSPS) is 15.3. The molecule has 3 amide bonds. The van der Waals surface area contributed by atoms with Crippen molar-refractivity contribution in [2.24, 2.45) is 0 Å². The van der Waals surface area contributed by atoms with Crippen molar-refractivity contribution in [3.05, 3.63) is 71.8 Å². The predicted octanol–water partition coefficient (Wildman–Crippen LogP) is 3.18. The van der Waals surface area contributed by atoms with Crippen molar-refractivity contribution in [3.63, 3.8) is 0 Å². The molecule has 5 heteroatoms. The molecule has 1 heterocycles. The van der Waals surface area contributed by atoms with Gasteiger partial charge in [0.2, 0.25) is 0 Å². The van der Waals surface area contributed by atoms with Gasteiger partial charge in [-0.2, -0.15) is 0 Å². The third-order valence-corrected chi connectivity index (χ3v) is 4.95. The lowest BCUT2D eigenvalue weighted by atomic mass is 10.1. The summed E-state index contributed by atoms with van der Waals surface area (Å²) in [5, 5.41) is 3.08. The summed E-state index contributed by atoms with van der Waals surface area (Å²) in [5.74, 6) is 0.0342. The van der Waals surface area contributed by atoms with E-state index >= 15 is 0 Å². The number of rotatable bonds is 5. The van der Waals surface area contributed by atoms with E-state index < -0.39 is 0 Å². The number of carbonyl (C=O) groups excluding carboxylic acids is 2. The summed E-state index contributed by atoms with van der Waals surface area (Å²) in [5.41, 5.74) is 1.98. The van der Waals surface area contributed by atoms with Crippen LogP contribution in [0.1, 0.15) is 29.3 Å². The van der Waals surface area contributed by atoms with Crippen LogP contribution in [0, 0.1) is 0 Å². The lowest BCUT2D eigenvalue weighted by Gasteiger charge is -2.35. The Hall–Kier alpha value is -2.82. The number of piperazine rings is 1. The quantitative estimate of drug-likeness (QED) is 0.885. The molecule has 0 radical (unpaired) electrons. The van der Waals surface area contributed by atoms with Gasteiger partial charge in [0, 0.05) is 37.8 Å². The largest absolute Gasteiger partial charge is 0.336 e. The van der Waals surface area contributed by atoms with E-state index in [1.807, 2.05) is 60.4 Å². The Morgan fingerprint density at radius 1 is 0.889 bits per heavy atom. The highest BCUT2D eigenvalue weighted by Crippen LogP contribution is 2.10. The molecule has 2 aromatic carbocycles. The molecule has 0 bridgehead atoms. The van der Waals surface area contributed by atoms with Gasteiger partial charge in [-0.1, -0.05) is 48.5 Å². The summed E-state index contributed by atoms with van der Waals surface area (Å²) in [6.07, 6.45) is 1.85. The van der Waals surface area contributed by atoms with E-state index in [-0.39, 0.29) is 18.0 Å². The van der Waals surface area contributed by atoms with Gasteiger partial charge in [0.05, 0.1) is 0 Å². The summed E-state index contributed by atoms with van der Waals surface area (Å²) in [4.78, 5) is 28.6. The first-order valence-corrected chi connectivity index (χ1v) is 9.57. The molecule has 142 valence electrons. The summed E-state index contributed by atoms with van der Waals surface area (Å²) in [7, 11) is 0. The maximum atomic E-state index is 12.5. The zero-order chi connectivity index (χ0) is 19.1. The van der Waals surface area contributed by atoms with E-state index in [0.29, 0.717) is 31.7 Å². The number of hydrogen-bond acceptors (Lipinski definition) is 2. The van der Waals surface area contributed by atoms with Crippen LogP contribution >= 0.6 is 0 Å². The van der Waals surface area contributed by atoms with E-state index in [9.17, 15) is 9.59 Å².